The predicted octanol–water partition coefficient (Wildman–Crippen LogP) is 9.60. The maximum Gasteiger partial charge on any atom is 0.276 e. The summed E-state index contributed by atoms with van der Waals surface area (Å²) in [6.07, 6.45) is 1.28. The molecule has 1 unspecified atom stereocenters. The summed E-state index contributed by atoms with van der Waals surface area (Å²) < 4.78 is 2.26. The van der Waals surface area contributed by atoms with Crippen LogP contribution in [0.3, 0.4) is 0 Å². The molecule has 0 aliphatic carbocycles. The third-order valence-electron chi connectivity index (χ3n) is 9.02. The van der Waals surface area contributed by atoms with Crippen LogP contribution in [-0.2, 0) is 16.1 Å². The first-order chi connectivity index (χ1) is 26.8. The van der Waals surface area contributed by atoms with E-state index in [1.807, 2.05) is 60.7 Å². The molecule has 272 valence electrons. The lowest BCUT2D eigenvalue weighted by Crippen LogP contribution is -2.30. The highest BCUT2D eigenvalue weighted by atomic mass is 32.2. The number of hydrogen-bond acceptors (Lipinski definition) is 6. The van der Waals surface area contributed by atoms with E-state index < -0.39 is 22.0 Å². The van der Waals surface area contributed by atoms with Crippen LogP contribution in [0.2, 0.25) is 0 Å². The predicted molar refractivity (Wildman–Crippen MR) is 219 cm³/mol. The summed E-state index contributed by atoms with van der Waals surface area (Å²) in [7, 11) is 0. The number of benzene rings is 6. The van der Waals surface area contributed by atoms with Gasteiger partial charge in [0.25, 0.3) is 17.5 Å². The molecule has 1 atom stereocenters. The zero-order chi connectivity index (χ0) is 38.3. The molecule has 11 heteroatoms. The Labute approximate surface area is 321 Å². The van der Waals surface area contributed by atoms with Crippen LogP contribution in [0, 0.1) is 10.1 Å². The van der Waals surface area contributed by atoms with Crippen molar-refractivity contribution in [3.05, 3.63) is 184 Å². The van der Waals surface area contributed by atoms with E-state index in [2.05, 4.69) is 39.6 Å². The summed E-state index contributed by atoms with van der Waals surface area (Å²) in [6.45, 7) is 2.94. The molecule has 6 aromatic carbocycles. The molecule has 0 spiro atoms. The van der Waals surface area contributed by atoms with E-state index in [1.54, 1.807) is 60.7 Å². The van der Waals surface area contributed by atoms with Crippen LogP contribution < -0.4 is 16.0 Å². The summed E-state index contributed by atoms with van der Waals surface area (Å²) in [5.41, 5.74) is 4.24. The van der Waals surface area contributed by atoms with Gasteiger partial charge in [0.05, 0.1) is 10.5 Å². The number of para-hydroxylation sites is 2. The minimum absolute atomic E-state index is 0.149. The Hall–Kier alpha value is -6.98. The van der Waals surface area contributed by atoms with Gasteiger partial charge in [0.15, 0.2) is 0 Å². The Morgan fingerprint density at radius 2 is 1.36 bits per heavy atom. The third kappa shape index (κ3) is 8.17. The zero-order valence-corrected chi connectivity index (χ0v) is 30.5. The van der Waals surface area contributed by atoms with E-state index in [9.17, 15) is 24.5 Å². The molecule has 0 aliphatic heterocycles. The second kappa shape index (κ2) is 16.4. The number of aromatic nitrogens is 1. The smallest absolute Gasteiger partial charge is 0.276 e. The first kappa shape index (κ1) is 36.4. The van der Waals surface area contributed by atoms with Gasteiger partial charge in [-0.3, -0.25) is 24.5 Å². The number of carbonyl (C=O) groups excluding carboxylic acids is 3. The van der Waals surface area contributed by atoms with Crippen molar-refractivity contribution in [3.63, 3.8) is 0 Å². The van der Waals surface area contributed by atoms with E-state index in [4.69, 9.17) is 0 Å². The second-order valence-electron chi connectivity index (χ2n) is 12.6. The number of amides is 3. The van der Waals surface area contributed by atoms with Gasteiger partial charge in [-0.1, -0.05) is 78.9 Å². The average Bonchev–Trinajstić information content (AvgIpc) is 3.53. The van der Waals surface area contributed by atoms with E-state index in [0.717, 1.165) is 38.8 Å². The van der Waals surface area contributed by atoms with Crippen molar-refractivity contribution in [2.75, 3.05) is 10.6 Å². The minimum atomic E-state index is -0.677. The van der Waals surface area contributed by atoms with Gasteiger partial charge in [0, 0.05) is 56.3 Å². The number of thioether (sulfide) groups is 1. The van der Waals surface area contributed by atoms with Crippen LogP contribution in [0.5, 0.6) is 0 Å². The molecule has 55 heavy (non-hydrogen) atoms. The maximum atomic E-state index is 14.0. The maximum absolute atomic E-state index is 14.0. The van der Waals surface area contributed by atoms with Gasteiger partial charge < -0.3 is 20.5 Å². The number of anilines is 2. The van der Waals surface area contributed by atoms with E-state index in [1.165, 1.54) is 36.0 Å². The average molecular weight is 746 g/mol. The standard InChI is InChI=1S/C44H35N5O5S/c1-2-48-39-20-12-10-18-35(39)36-28-33(23-26-40(36)48)46-44(52)41(29-13-5-3-6-14-29)55-34-24-21-32(22-25-34)45-43(51)37(47-42(50)30-15-7-4-8-16-30)27-31-17-9-11-19-38(31)49(53)54/h3-28,41H,2H2,1H3,(H,45,51)(H,46,52)(H,47,50)/b37-27-. The van der Waals surface area contributed by atoms with E-state index in [0.29, 0.717) is 16.9 Å². The molecule has 3 N–H and O–H groups in total. The number of rotatable bonds is 12. The van der Waals surface area contributed by atoms with Crippen molar-refractivity contribution >= 4 is 74.4 Å². The first-order valence-corrected chi connectivity index (χ1v) is 18.4. The number of hydrogen-bond donors (Lipinski definition) is 3. The molecule has 7 rings (SSSR count). The SMILES string of the molecule is CCn1c2ccccc2c2cc(NC(=O)C(Sc3ccc(NC(=O)/C(=C/c4ccccc4[N+](=O)[O-])NC(=O)c4ccccc4)cc3)c3ccccc3)ccc21. The highest BCUT2D eigenvalue weighted by Gasteiger charge is 2.23. The van der Waals surface area contributed by atoms with Gasteiger partial charge in [-0.2, -0.15) is 0 Å². The molecule has 0 radical (unpaired) electrons. The van der Waals surface area contributed by atoms with Crippen molar-refractivity contribution in [2.24, 2.45) is 0 Å². The molecule has 1 aromatic heterocycles. The summed E-state index contributed by atoms with van der Waals surface area (Å²) in [5.74, 6) is -1.42. The number of nitro groups is 1. The van der Waals surface area contributed by atoms with Crippen LogP contribution in [0.15, 0.2) is 162 Å². The molecule has 0 bridgehead atoms. The quantitative estimate of drug-likeness (QED) is 0.0494. The Kier molecular flexibility index (Phi) is 10.8. The molecule has 1 heterocycles. The van der Waals surface area contributed by atoms with Gasteiger partial charge in [-0.25, -0.2) is 0 Å². The van der Waals surface area contributed by atoms with Crippen molar-refractivity contribution in [1.29, 1.82) is 0 Å². The normalized spacial score (nSPS) is 11.9. The van der Waals surface area contributed by atoms with E-state index >= 15 is 0 Å². The zero-order valence-electron chi connectivity index (χ0n) is 29.6. The monoisotopic (exact) mass is 745 g/mol. The van der Waals surface area contributed by atoms with Gasteiger partial charge in [0.2, 0.25) is 5.91 Å². The van der Waals surface area contributed by atoms with E-state index in [-0.39, 0.29) is 22.9 Å². The molecule has 7 aromatic rings. The van der Waals surface area contributed by atoms with Crippen LogP contribution in [0.25, 0.3) is 27.9 Å². The fourth-order valence-corrected chi connectivity index (χ4v) is 7.43. The first-order valence-electron chi connectivity index (χ1n) is 17.6. The fraction of sp³-hybridized carbons (Fsp3) is 0.0682. The second-order valence-corrected chi connectivity index (χ2v) is 13.7. The number of nitro benzene ring substituents is 1. The van der Waals surface area contributed by atoms with Crippen molar-refractivity contribution in [2.45, 2.75) is 23.6 Å². The lowest BCUT2D eigenvalue weighted by molar-refractivity contribution is -0.385. The van der Waals surface area contributed by atoms with Crippen molar-refractivity contribution in [3.8, 4) is 0 Å². The number of nitrogens with one attached hydrogen (secondary N) is 3. The Bertz CT molecular complexity index is 2570. The molecule has 0 aliphatic rings. The molecular formula is C44H35N5O5S. The highest BCUT2D eigenvalue weighted by Crippen LogP contribution is 2.38. The lowest BCUT2D eigenvalue weighted by atomic mass is 10.1. The minimum Gasteiger partial charge on any atom is -0.341 e. The molecule has 0 fully saturated rings. The van der Waals surface area contributed by atoms with Crippen LogP contribution in [0.1, 0.15) is 33.7 Å². The van der Waals surface area contributed by atoms with Gasteiger partial charge in [-0.15, -0.1) is 11.8 Å². The lowest BCUT2D eigenvalue weighted by Gasteiger charge is -2.18. The fourth-order valence-electron chi connectivity index (χ4n) is 6.41. The van der Waals surface area contributed by atoms with Crippen LogP contribution >= 0.6 is 11.8 Å². The molecular weight excluding hydrogens is 711 g/mol. The molecule has 0 saturated heterocycles. The number of aryl methyl sites for hydroxylation is 1. The number of carbonyl (C=O) groups is 3. The topological polar surface area (TPSA) is 135 Å². The molecule has 3 amide bonds. The Balaban J connectivity index is 1.11. The van der Waals surface area contributed by atoms with Gasteiger partial charge >= 0.3 is 0 Å². The highest BCUT2D eigenvalue weighted by molar-refractivity contribution is 8.00. The largest absolute Gasteiger partial charge is 0.341 e. The van der Waals surface area contributed by atoms with Gasteiger partial charge in [-0.05, 0) is 85.3 Å². The van der Waals surface area contributed by atoms with Crippen LogP contribution in [0.4, 0.5) is 17.1 Å². The van der Waals surface area contributed by atoms with Crippen molar-refractivity contribution in [1.82, 2.24) is 9.88 Å². The third-order valence-corrected chi connectivity index (χ3v) is 10.3. The van der Waals surface area contributed by atoms with Crippen LogP contribution in [-0.4, -0.2) is 27.2 Å². The summed E-state index contributed by atoms with van der Waals surface area (Å²) in [5, 5.41) is 21.8. The number of fused-ring (bicyclic) bond motifs is 3. The molecule has 0 saturated carbocycles. The summed E-state index contributed by atoms with van der Waals surface area (Å²) >= 11 is 1.37. The van der Waals surface area contributed by atoms with Crippen molar-refractivity contribution < 1.29 is 19.3 Å². The Morgan fingerprint density at radius 3 is 2.09 bits per heavy atom. The Morgan fingerprint density at radius 1 is 0.727 bits per heavy atom. The number of nitrogens with zero attached hydrogens (tertiary/aromatic N) is 2. The summed E-state index contributed by atoms with van der Waals surface area (Å²) in [4.78, 5) is 52.6. The van der Waals surface area contributed by atoms with Gasteiger partial charge in [0.1, 0.15) is 10.9 Å². The summed E-state index contributed by atoms with van der Waals surface area (Å²) in [6, 6.07) is 45.0. The molecule has 10 nitrogen and oxygen atoms in total.